The van der Waals surface area contributed by atoms with E-state index in [2.05, 4.69) is 26.0 Å². The number of ether oxygens (including phenoxy) is 1. The van der Waals surface area contributed by atoms with E-state index >= 15 is 0 Å². The van der Waals surface area contributed by atoms with Gasteiger partial charge in [-0.05, 0) is 6.26 Å². The molecule has 0 aliphatic carbocycles. The van der Waals surface area contributed by atoms with Crippen LogP contribution in [0.4, 0.5) is 0 Å². The molecule has 82 valence electrons. The first-order valence-electron chi connectivity index (χ1n) is 4.09. The molecule has 0 aromatic rings. The fourth-order valence-corrected chi connectivity index (χ4v) is 1.44. The van der Waals surface area contributed by atoms with E-state index in [1.807, 2.05) is 6.26 Å². The molecule has 4 nitrogen and oxygen atoms in total. The van der Waals surface area contributed by atoms with E-state index in [1.54, 1.807) is 11.8 Å². The molecule has 1 atom stereocenters. The van der Waals surface area contributed by atoms with Crippen LogP contribution in [0, 0.1) is 0 Å². The van der Waals surface area contributed by atoms with E-state index in [0.29, 0.717) is 6.42 Å². The summed E-state index contributed by atoms with van der Waals surface area (Å²) >= 11 is 4.72. The zero-order chi connectivity index (χ0) is 11.0. The van der Waals surface area contributed by atoms with Crippen molar-refractivity contribution in [2.45, 2.75) is 11.2 Å². The number of hydrogen-bond donors (Lipinski definition) is 1. The molecule has 0 aromatic carbocycles. The van der Waals surface area contributed by atoms with Crippen molar-refractivity contribution in [2.24, 2.45) is 0 Å². The van der Waals surface area contributed by atoms with Crippen LogP contribution in [0.1, 0.15) is 6.42 Å². The third-order valence-electron chi connectivity index (χ3n) is 1.47. The van der Waals surface area contributed by atoms with Crippen molar-refractivity contribution < 1.29 is 14.3 Å². The second-order valence-electron chi connectivity index (χ2n) is 2.54. The van der Waals surface area contributed by atoms with Gasteiger partial charge in [0.2, 0.25) is 5.91 Å². The lowest BCUT2D eigenvalue weighted by atomic mass is 10.4. The maximum Gasteiger partial charge on any atom is 0.321 e. The van der Waals surface area contributed by atoms with E-state index < -0.39 is 4.83 Å². The monoisotopic (exact) mass is 283 g/mol. The van der Waals surface area contributed by atoms with Crippen molar-refractivity contribution in [2.75, 3.05) is 25.7 Å². The molecule has 0 aliphatic heterocycles. The third-order valence-corrected chi connectivity index (χ3v) is 2.78. The summed E-state index contributed by atoms with van der Waals surface area (Å²) in [5, 5.41) is 2.63. The molecule has 1 unspecified atom stereocenters. The first-order chi connectivity index (χ1) is 6.61. The Kier molecular flexibility index (Phi) is 7.98. The topological polar surface area (TPSA) is 55.4 Å². The van der Waals surface area contributed by atoms with Gasteiger partial charge in [0.1, 0.15) is 4.83 Å². The zero-order valence-electron chi connectivity index (χ0n) is 8.21. The number of halogens is 1. The van der Waals surface area contributed by atoms with Crippen molar-refractivity contribution in [3.05, 3.63) is 0 Å². The highest BCUT2D eigenvalue weighted by Crippen LogP contribution is 2.00. The Bertz CT molecular complexity index is 201. The number of hydrogen-bond acceptors (Lipinski definition) is 4. The summed E-state index contributed by atoms with van der Waals surface area (Å²) in [6.07, 6.45) is 2.41. The molecule has 0 spiro atoms. The molecule has 0 fully saturated rings. The second kappa shape index (κ2) is 8.11. The van der Waals surface area contributed by atoms with Gasteiger partial charge in [-0.2, -0.15) is 11.8 Å². The largest absolute Gasteiger partial charge is 0.468 e. The van der Waals surface area contributed by atoms with E-state index in [0.717, 1.165) is 5.75 Å². The fraction of sp³-hybridized carbons (Fsp3) is 0.750. The molecular weight excluding hydrogens is 270 g/mol. The van der Waals surface area contributed by atoms with Gasteiger partial charge in [-0.25, -0.2) is 0 Å². The number of esters is 1. The number of nitrogens with one attached hydrogen (secondary N) is 1. The predicted octanol–water partition coefficient (Wildman–Crippen LogP) is 0.792. The first kappa shape index (κ1) is 13.8. The summed E-state index contributed by atoms with van der Waals surface area (Å²) in [6.45, 7) is 0.264. The molecule has 0 bridgehead atoms. The summed E-state index contributed by atoms with van der Waals surface area (Å²) in [4.78, 5) is 21.6. The van der Waals surface area contributed by atoms with Crippen LogP contribution >= 0.6 is 27.7 Å². The minimum Gasteiger partial charge on any atom is -0.468 e. The Morgan fingerprint density at radius 2 is 2.21 bits per heavy atom. The highest BCUT2D eigenvalue weighted by molar-refractivity contribution is 9.10. The third kappa shape index (κ3) is 6.26. The van der Waals surface area contributed by atoms with Crippen molar-refractivity contribution in [1.82, 2.24) is 5.32 Å². The molecule has 0 aliphatic rings. The summed E-state index contributed by atoms with van der Waals surface area (Å²) in [5.41, 5.74) is 0. The molecular formula is C8H14BrNO3S. The first-order valence-corrected chi connectivity index (χ1v) is 6.40. The lowest BCUT2D eigenvalue weighted by molar-refractivity contribution is -0.139. The molecule has 0 saturated carbocycles. The van der Waals surface area contributed by atoms with E-state index in [-0.39, 0.29) is 18.4 Å². The zero-order valence-corrected chi connectivity index (χ0v) is 10.6. The second-order valence-corrected chi connectivity index (χ2v) is 4.63. The summed E-state index contributed by atoms with van der Waals surface area (Å²) in [5.74, 6) is 0.361. The number of rotatable bonds is 6. The smallest absolute Gasteiger partial charge is 0.321 e. The molecule has 14 heavy (non-hydrogen) atoms. The number of amides is 1. The molecule has 0 saturated heterocycles. The molecule has 0 radical (unpaired) electrons. The van der Waals surface area contributed by atoms with Crippen molar-refractivity contribution >= 4 is 39.6 Å². The Morgan fingerprint density at radius 1 is 1.57 bits per heavy atom. The number of carbonyl (C=O) groups excluding carboxylic acids is 2. The minimum absolute atomic E-state index is 0.0484. The molecule has 6 heteroatoms. The van der Waals surface area contributed by atoms with Crippen LogP contribution in [0.3, 0.4) is 0 Å². The van der Waals surface area contributed by atoms with E-state index in [1.165, 1.54) is 7.11 Å². The summed E-state index contributed by atoms with van der Waals surface area (Å²) in [6, 6.07) is 0. The van der Waals surface area contributed by atoms with Crippen LogP contribution in [0.25, 0.3) is 0 Å². The maximum absolute atomic E-state index is 11.1. The van der Waals surface area contributed by atoms with Gasteiger partial charge in [-0.15, -0.1) is 0 Å². The maximum atomic E-state index is 11.1. The molecule has 0 heterocycles. The normalized spacial score (nSPS) is 11.9. The Balaban J connectivity index is 3.60. The van der Waals surface area contributed by atoms with Crippen molar-refractivity contribution in [3.8, 4) is 0 Å². The van der Waals surface area contributed by atoms with Gasteiger partial charge >= 0.3 is 5.97 Å². The Morgan fingerprint density at radius 3 is 2.71 bits per heavy atom. The molecule has 0 rings (SSSR count). The highest BCUT2D eigenvalue weighted by Gasteiger charge is 2.15. The van der Waals surface area contributed by atoms with Gasteiger partial charge in [-0.3, -0.25) is 9.59 Å². The lowest BCUT2D eigenvalue weighted by Crippen LogP contribution is -2.34. The number of alkyl halides is 1. The predicted molar refractivity (Wildman–Crippen MR) is 60.7 cm³/mol. The van der Waals surface area contributed by atoms with Gasteiger partial charge in [0, 0.05) is 18.7 Å². The van der Waals surface area contributed by atoms with Gasteiger partial charge in [-0.1, -0.05) is 15.9 Å². The number of thioether (sulfide) groups is 1. The van der Waals surface area contributed by atoms with Crippen LogP contribution in [0.2, 0.25) is 0 Å². The molecule has 0 aromatic heterocycles. The van der Waals surface area contributed by atoms with Crippen LogP contribution in [-0.4, -0.2) is 42.4 Å². The van der Waals surface area contributed by atoms with Crippen LogP contribution in [0.5, 0.6) is 0 Å². The van der Waals surface area contributed by atoms with Crippen LogP contribution in [-0.2, 0) is 14.3 Å². The van der Waals surface area contributed by atoms with Gasteiger partial charge < -0.3 is 10.1 Å². The van der Waals surface area contributed by atoms with Crippen molar-refractivity contribution in [1.29, 1.82) is 0 Å². The van der Waals surface area contributed by atoms with Crippen LogP contribution < -0.4 is 5.32 Å². The van der Waals surface area contributed by atoms with E-state index in [4.69, 9.17) is 0 Å². The molecule has 1 amide bonds. The summed E-state index contributed by atoms with van der Waals surface area (Å²) < 4.78 is 4.48. The van der Waals surface area contributed by atoms with Gasteiger partial charge in [0.15, 0.2) is 0 Å². The standard InChI is InChI=1S/C8H14BrNO3S/c1-13-8(12)6(9)5-10-7(11)3-4-14-2/h6H,3-5H2,1-2H3,(H,10,11). The van der Waals surface area contributed by atoms with Gasteiger partial charge in [0.25, 0.3) is 0 Å². The molecule has 1 N–H and O–H groups in total. The number of methoxy groups -OCH3 is 1. The van der Waals surface area contributed by atoms with Crippen LogP contribution in [0.15, 0.2) is 0 Å². The average Bonchev–Trinajstić information content (AvgIpc) is 2.21. The summed E-state index contributed by atoms with van der Waals surface area (Å²) in [7, 11) is 1.31. The Labute approximate surface area is 96.3 Å². The quantitative estimate of drug-likeness (QED) is 0.579. The Hall–Kier alpha value is -0.230. The lowest BCUT2D eigenvalue weighted by Gasteiger charge is -2.08. The SMILES string of the molecule is COC(=O)C(Br)CNC(=O)CCSC. The number of carbonyl (C=O) groups is 2. The minimum atomic E-state index is -0.467. The van der Waals surface area contributed by atoms with Gasteiger partial charge in [0.05, 0.1) is 7.11 Å². The highest BCUT2D eigenvalue weighted by atomic mass is 79.9. The van der Waals surface area contributed by atoms with E-state index in [9.17, 15) is 9.59 Å². The average molecular weight is 284 g/mol. The fourth-order valence-electron chi connectivity index (χ4n) is 0.698. The van der Waals surface area contributed by atoms with Crippen molar-refractivity contribution in [3.63, 3.8) is 0 Å².